The van der Waals surface area contributed by atoms with Gasteiger partial charge in [-0.3, -0.25) is 4.98 Å². The number of pyridine rings is 1. The number of aromatic amines is 1. The van der Waals surface area contributed by atoms with Crippen LogP contribution in [0.15, 0.2) is 36.7 Å². The topological polar surface area (TPSA) is 96.7 Å². The van der Waals surface area contributed by atoms with Gasteiger partial charge in [0.2, 0.25) is 0 Å². The predicted molar refractivity (Wildman–Crippen MR) is 96.1 cm³/mol. The molecule has 1 aromatic carbocycles. The maximum Gasteiger partial charge on any atom is 0.432 e. The third-order valence-electron chi connectivity index (χ3n) is 3.43. The van der Waals surface area contributed by atoms with E-state index in [9.17, 15) is 10.1 Å². The lowest BCUT2D eigenvalue weighted by Gasteiger charge is -2.09. The lowest BCUT2D eigenvalue weighted by Crippen LogP contribution is -2.04. The van der Waals surface area contributed by atoms with Gasteiger partial charge in [-0.15, -0.1) is 12.4 Å². The third-order valence-corrected chi connectivity index (χ3v) is 3.67. The molecule has 7 nitrogen and oxygen atoms in total. The molecule has 0 fully saturated rings. The molecule has 0 aliphatic carbocycles. The number of anilines is 1. The summed E-state index contributed by atoms with van der Waals surface area (Å²) in [4.78, 5) is 20.7. The van der Waals surface area contributed by atoms with Crippen LogP contribution in [0.4, 0.5) is 11.6 Å². The van der Waals surface area contributed by atoms with Crippen LogP contribution in [-0.4, -0.2) is 26.4 Å². The van der Waals surface area contributed by atoms with E-state index >= 15 is 0 Å². The number of rotatable bonds is 6. The largest absolute Gasteiger partial charge is 0.432 e. The molecule has 0 aliphatic heterocycles. The first-order valence-electron chi connectivity index (χ1n) is 7.10. The molecule has 0 saturated carbocycles. The molecule has 0 spiro atoms. The number of fused-ring (bicyclic) bond motifs is 1. The molecule has 9 heteroatoms. The van der Waals surface area contributed by atoms with Gasteiger partial charge in [-0.1, -0.05) is 16.6 Å². The van der Waals surface area contributed by atoms with Gasteiger partial charge in [0.05, 0.1) is 5.52 Å². The molecule has 0 radical (unpaired) electrons. The normalized spacial score (nSPS) is 10.4. The number of halogens is 2. The Morgan fingerprint density at radius 3 is 2.88 bits per heavy atom. The van der Waals surface area contributed by atoms with E-state index in [-0.39, 0.29) is 18.4 Å². The van der Waals surface area contributed by atoms with Gasteiger partial charge >= 0.3 is 5.95 Å². The minimum absolute atomic E-state index is 0. The summed E-state index contributed by atoms with van der Waals surface area (Å²) >= 11 is 5.97. The second-order valence-electron chi connectivity index (χ2n) is 5.04. The van der Waals surface area contributed by atoms with Crippen molar-refractivity contribution >= 4 is 46.5 Å². The van der Waals surface area contributed by atoms with Gasteiger partial charge < -0.3 is 15.4 Å². The molecule has 3 rings (SSSR count). The van der Waals surface area contributed by atoms with Crippen LogP contribution in [0.1, 0.15) is 12.1 Å². The number of benzene rings is 1. The molecular formula is C15H15Cl2N5O2. The summed E-state index contributed by atoms with van der Waals surface area (Å²) in [6, 6.07) is 7.51. The van der Waals surface area contributed by atoms with Crippen LogP contribution in [-0.2, 0) is 6.42 Å². The highest BCUT2D eigenvalue weighted by atomic mass is 35.5. The molecule has 0 atom stereocenters. The summed E-state index contributed by atoms with van der Waals surface area (Å²) in [6.07, 6.45) is 4.74. The van der Waals surface area contributed by atoms with Crippen molar-refractivity contribution in [3.8, 4) is 0 Å². The molecule has 2 heterocycles. The van der Waals surface area contributed by atoms with E-state index in [0.29, 0.717) is 11.4 Å². The van der Waals surface area contributed by atoms with Gasteiger partial charge in [0.15, 0.2) is 0 Å². The van der Waals surface area contributed by atoms with Gasteiger partial charge in [-0.05, 0) is 35.6 Å². The number of aryl methyl sites for hydroxylation is 1. The molecule has 0 unspecified atom stereocenters. The minimum atomic E-state index is -0.532. The summed E-state index contributed by atoms with van der Waals surface area (Å²) < 4.78 is 0. The SMILES string of the molecule is Cl.O=[N+]([O-])c1ncc(CCCNc2ccnc3cc(Cl)ccc23)[nH]1. The Hall–Kier alpha value is -2.38. The molecule has 0 aliphatic rings. The van der Waals surface area contributed by atoms with Crippen LogP contribution in [0.2, 0.25) is 5.02 Å². The van der Waals surface area contributed by atoms with Gasteiger partial charge in [0.1, 0.15) is 11.9 Å². The molecule has 2 N–H and O–H groups in total. The second kappa shape index (κ2) is 7.94. The van der Waals surface area contributed by atoms with Crippen molar-refractivity contribution in [3.63, 3.8) is 0 Å². The predicted octanol–water partition coefficient (Wildman–Crippen LogP) is 3.99. The van der Waals surface area contributed by atoms with E-state index in [2.05, 4.69) is 20.3 Å². The molecule has 126 valence electrons. The summed E-state index contributed by atoms with van der Waals surface area (Å²) in [5.74, 6) is -0.218. The number of nitrogens with zero attached hydrogens (tertiary/aromatic N) is 3. The van der Waals surface area contributed by atoms with Crippen LogP contribution in [0, 0.1) is 10.1 Å². The summed E-state index contributed by atoms with van der Waals surface area (Å²) in [6.45, 7) is 0.731. The summed E-state index contributed by atoms with van der Waals surface area (Å²) in [5.41, 5.74) is 2.58. The third kappa shape index (κ3) is 4.12. The number of hydrogen-bond acceptors (Lipinski definition) is 5. The Balaban J connectivity index is 0.00000208. The summed E-state index contributed by atoms with van der Waals surface area (Å²) in [5, 5.41) is 15.6. The monoisotopic (exact) mass is 367 g/mol. The number of nitro groups is 1. The van der Waals surface area contributed by atoms with E-state index in [4.69, 9.17) is 11.6 Å². The van der Waals surface area contributed by atoms with Crippen molar-refractivity contribution in [3.05, 3.63) is 57.5 Å². The van der Waals surface area contributed by atoms with Gasteiger partial charge in [0, 0.05) is 35.3 Å². The highest BCUT2D eigenvalue weighted by Crippen LogP contribution is 2.24. The number of aromatic nitrogens is 3. The smallest absolute Gasteiger partial charge is 0.390 e. The molecular weight excluding hydrogens is 353 g/mol. The van der Waals surface area contributed by atoms with Crippen molar-refractivity contribution in [2.24, 2.45) is 0 Å². The fourth-order valence-electron chi connectivity index (χ4n) is 2.34. The maximum atomic E-state index is 10.6. The molecule has 0 saturated heterocycles. The van der Waals surface area contributed by atoms with Crippen molar-refractivity contribution in [1.82, 2.24) is 15.0 Å². The molecule has 2 aromatic heterocycles. The van der Waals surface area contributed by atoms with E-state index < -0.39 is 4.92 Å². The van der Waals surface area contributed by atoms with Crippen LogP contribution in [0.3, 0.4) is 0 Å². The van der Waals surface area contributed by atoms with Crippen LogP contribution < -0.4 is 5.32 Å². The van der Waals surface area contributed by atoms with E-state index in [1.165, 1.54) is 6.20 Å². The fraction of sp³-hybridized carbons (Fsp3) is 0.200. The lowest BCUT2D eigenvalue weighted by molar-refractivity contribution is -0.393. The quantitative estimate of drug-likeness (QED) is 0.390. The Labute approximate surface area is 149 Å². The zero-order valence-electron chi connectivity index (χ0n) is 12.5. The van der Waals surface area contributed by atoms with Crippen molar-refractivity contribution in [2.75, 3.05) is 11.9 Å². The number of imidazole rings is 1. The van der Waals surface area contributed by atoms with Crippen molar-refractivity contribution in [1.29, 1.82) is 0 Å². The Morgan fingerprint density at radius 1 is 1.29 bits per heavy atom. The Morgan fingerprint density at radius 2 is 2.12 bits per heavy atom. The first-order chi connectivity index (χ1) is 11.1. The maximum absolute atomic E-state index is 10.6. The first kappa shape index (κ1) is 18.0. The first-order valence-corrected chi connectivity index (χ1v) is 7.48. The van der Waals surface area contributed by atoms with E-state index in [1.54, 1.807) is 6.20 Å². The zero-order chi connectivity index (χ0) is 16.2. The minimum Gasteiger partial charge on any atom is -0.390 e. The number of H-pyrrole nitrogens is 1. The molecule has 3 aromatic rings. The average molecular weight is 368 g/mol. The van der Waals surface area contributed by atoms with Crippen LogP contribution >= 0.6 is 24.0 Å². The van der Waals surface area contributed by atoms with E-state index in [0.717, 1.165) is 35.2 Å². The fourth-order valence-corrected chi connectivity index (χ4v) is 2.51. The zero-order valence-corrected chi connectivity index (χ0v) is 14.1. The number of nitrogens with one attached hydrogen (secondary N) is 2. The standard InChI is InChI=1S/C15H14ClN5O2.ClH/c16-10-3-4-12-13(5-7-18-14(12)8-10)17-6-1-2-11-9-19-15(20-11)21(22)23;/h3-5,7-9H,1-2,6H2,(H,17,18)(H,19,20);1H. The van der Waals surface area contributed by atoms with Crippen LogP contribution in [0.5, 0.6) is 0 Å². The van der Waals surface area contributed by atoms with Gasteiger partial charge in [0.25, 0.3) is 0 Å². The van der Waals surface area contributed by atoms with Gasteiger partial charge in [-0.25, -0.2) is 4.98 Å². The summed E-state index contributed by atoms with van der Waals surface area (Å²) in [7, 11) is 0. The van der Waals surface area contributed by atoms with Crippen LogP contribution in [0.25, 0.3) is 10.9 Å². The highest BCUT2D eigenvalue weighted by Gasteiger charge is 2.10. The van der Waals surface area contributed by atoms with E-state index in [1.807, 2.05) is 24.3 Å². The Bertz CT molecular complexity index is 853. The Kier molecular flexibility index (Phi) is 5.94. The number of hydrogen-bond donors (Lipinski definition) is 2. The van der Waals surface area contributed by atoms with Crippen molar-refractivity contribution in [2.45, 2.75) is 12.8 Å². The average Bonchev–Trinajstić information content (AvgIpc) is 3.00. The molecule has 0 amide bonds. The van der Waals surface area contributed by atoms with Crippen molar-refractivity contribution < 1.29 is 4.92 Å². The lowest BCUT2D eigenvalue weighted by atomic mass is 10.2. The molecule has 0 bridgehead atoms. The molecule has 24 heavy (non-hydrogen) atoms. The second-order valence-corrected chi connectivity index (χ2v) is 5.48. The van der Waals surface area contributed by atoms with Gasteiger partial charge in [-0.2, -0.15) is 0 Å². The highest BCUT2D eigenvalue weighted by molar-refractivity contribution is 6.31.